The Labute approximate surface area is 56.4 Å². The van der Waals surface area contributed by atoms with Crippen LogP contribution in [0.25, 0.3) is 0 Å². The molecule has 38 valence electrons. The van der Waals surface area contributed by atoms with Crippen molar-refractivity contribution in [2.75, 3.05) is 0 Å². The lowest BCUT2D eigenvalue weighted by Gasteiger charge is -1.93. The highest BCUT2D eigenvalue weighted by Crippen LogP contribution is 1.98. The van der Waals surface area contributed by atoms with Crippen molar-refractivity contribution in [3.63, 3.8) is 0 Å². The summed E-state index contributed by atoms with van der Waals surface area (Å²) in [4.78, 5) is 0. The van der Waals surface area contributed by atoms with E-state index < -0.39 is 0 Å². The number of hydrogen-bond donors (Lipinski definition) is 1. The maximum atomic E-state index is 8.90. The maximum Gasteiger partial charge on any atom is 0.181 e. The van der Waals surface area contributed by atoms with Crippen molar-refractivity contribution < 1.29 is 5.11 Å². The average molecular weight is 120 g/mol. The van der Waals surface area contributed by atoms with Gasteiger partial charge in [0, 0.05) is 0 Å². The quantitative estimate of drug-likeness (QED) is 0.484. The molecule has 1 N–H and O–H groups in total. The van der Waals surface area contributed by atoms with Gasteiger partial charge in [-0.3, -0.25) is 0 Å². The standard InChI is InChI=1S/C6H5O.Al/c7-6-4-2-1-3-5-6;/h1-4,7H;. The molecule has 0 saturated carbocycles. The molecule has 0 amide bonds. The summed E-state index contributed by atoms with van der Waals surface area (Å²) in [6.07, 6.45) is 0. The molecule has 0 aliphatic carbocycles. The molecule has 0 unspecified atom stereocenters. The Hall–Kier alpha value is -0.448. The largest absolute Gasteiger partial charge is 0.509 e. The molecule has 1 nitrogen and oxygen atoms in total. The van der Waals surface area contributed by atoms with Crippen molar-refractivity contribution in [3.8, 4) is 5.75 Å². The Morgan fingerprint density at radius 1 is 1.25 bits per heavy atom. The molecular formula is C6H5AlO. The minimum Gasteiger partial charge on any atom is -0.509 e. The zero-order chi connectivity index (χ0) is 5.98. The van der Waals surface area contributed by atoms with Crippen molar-refractivity contribution >= 4 is 20.7 Å². The van der Waals surface area contributed by atoms with Gasteiger partial charge in [-0.1, -0.05) is 22.6 Å². The van der Waals surface area contributed by atoms with E-state index in [2.05, 4.69) is 16.3 Å². The summed E-state index contributed by atoms with van der Waals surface area (Å²) in [5.41, 5.74) is 0. The lowest BCUT2D eigenvalue weighted by Crippen LogP contribution is -1.99. The molecule has 2 heteroatoms. The van der Waals surface area contributed by atoms with Crippen molar-refractivity contribution in [2.45, 2.75) is 0 Å². The van der Waals surface area contributed by atoms with Crippen LogP contribution < -0.4 is 4.43 Å². The van der Waals surface area contributed by atoms with Crippen LogP contribution in [-0.4, -0.2) is 21.4 Å². The molecule has 0 bridgehead atoms. The minimum absolute atomic E-state index is 0.331. The van der Waals surface area contributed by atoms with Gasteiger partial charge in [0.15, 0.2) is 16.3 Å². The van der Waals surface area contributed by atoms with E-state index in [-0.39, 0.29) is 0 Å². The second-order valence-electron chi connectivity index (χ2n) is 1.56. The van der Waals surface area contributed by atoms with Crippen LogP contribution in [0.3, 0.4) is 0 Å². The molecule has 0 saturated heterocycles. The van der Waals surface area contributed by atoms with Crippen LogP contribution in [0.4, 0.5) is 0 Å². The van der Waals surface area contributed by atoms with Gasteiger partial charge in [0.1, 0.15) is 0 Å². The summed E-state index contributed by atoms with van der Waals surface area (Å²) in [5.74, 6) is 0.331. The zero-order valence-electron chi connectivity index (χ0n) is 4.33. The van der Waals surface area contributed by atoms with Gasteiger partial charge in [-0.25, -0.2) is 0 Å². The summed E-state index contributed by atoms with van der Waals surface area (Å²) < 4.78 is 0.840. The van der Waals surface area contributed by atoms with Crippen molar-refractivity contribution in [3.05, 3.63) is 24.3 Å². The van der Waals surface area contributed by atoms with Gasteiger partial charge in [-0.05, 0) is 6.07 Å². The van der Waals surface area contributed by atoms with Gasteiger partial charge < -0.3 is 5.11 Å². The van der Waals surface area contributed by atoms with E-state index in [4.69, 9.17) is 5.11 Å². The van der Waals surface area contributed by atoms with E-state index in [0.29, 0.717) is 5.75 Å². The lowest BCUT2D eigenvalue weighted by atomic mass is 10.3. The Bertz CT molecular complexity index is 165. The SMILES string of the molecule is Oc1cccc[c]1[Al]. The van der Waals surface area contributed by atoms with Crippen LogP contribution in [-0.2, 0) is 0 Å². The Morgan fingerprint density at radius 3 is 2.25 bits per heavy atom. The molecular weight excluding hydrogens is 115 g/mol. The lowest BCUT2D eigenvalue weighted by molar-refractivity contribution is 0.479. The molecule has 8 heavy (non-hydrogen) atoms. The minimum atomic E-state index is 0.331. The molecule has 1 aromatic carbocycles. The van der Waals surface area contributed by atoms with Gasteiger partial charge in [-0.2, -0.15) is 0 Å². The van der Waals surface area contributed by atoms with Gasteiger partial charge in [0.25, 0.3) is 0 Å². The van der Waals surface area contributed by atoms with Crippen molar-refractivity contribution in [1.82, 2.24) is 0 Å². The molecule has 0 heterocycles. The van der Waals surface area contributed by atoms with Crippen molar-refractivity contribution in [1.29, 1.82) is 0 Å². The molecule has 0 aliphatic heterocycles. The molecule has 1 rings (SSSR count). The summed E-state index contributed by atoms with van der Waals surface area (Å²) in [6.45, 7) is 0. The topological polar surface area (TPSA) is 20.2 Å². The number of aromatic hydroxyl groups is 1. The Kier molecular flexibility index (Phi) is 1.57. The zero-order valence-corrected chi connectivity index (χ0v) is 5.49. The second-order valence-corrected chi connectivity index (χ2v) is 2.18. The Morgan fingerprint density at radius 2 is 1.88 bits per heavy atom. The Balaban J connectivity index is 3.13. The smallest absolute Gasteiger partial charge is 0.181 e. The van der Waals surface area contributed by atoms with Crippen LogP contribution in [0, 0.1) is 0 Å². The number of phenols is 1. The fourth-order valence-electron chi connectivity index (χ4n) is 0.488. The fourth-order valence-corrected chi connectivity index (χ4v) is 0.695. The van der Waals surface area contributed by atoms with E-state index in [1.165, 1.54) is 0 Å². The normalized spacial score (nSPS) is 9.00. The number of benzene rings is 1. The molecule has 0 fully saturated rings. The molecule has 0 aliphatic rings. The summed E-state index contributed by atoms with van der Waals surface area (Å²) >= 11 is 2.44. The van der Waals surface area contributed by atoms with Crippen LogP contribution in [0.15, 0.2) is 24.3 Å². The predicted octanol–water partition coefficient (Wildman–Crippen LogP) is 0.186. The number of hydrogen-bond acceptors (Lipinski definition) is 1. The molecule has 0 spiro atoms. The van der Waals surface area contributed by atoms with Gasteiger partial charge in [0.05, 0.1) is 5.75 Å². The second kappa shape index (κ2) is 2.21. The third-order valence-corrected chi connectivity index (χ3v) is 1.42. The third kappa shape index (κ3) is 1.03. The first-order valence-electron chi connectivity index (χ1n) is 2.34. The predicted molar refractivity (Wildman–Crippen MR) is 33.5 cm³/mol. The molecule has 0 atom stereocenters. The fraction of sp³-hybridized carbons (Fsp3) is 0. The van der Waals surface area contributed by atoms with Crippen LogP contribution in [0.2, 0.25) is 0 Å². The number of phenolic OH excluding ortho intramolecular Hbond substituents is 1. The molecule has 0 aromatic heterocycles. The van der Waals surface area contributed by atoms with E-state index in [0.717, 1.165) is 4.43 Å². The van der Waals surface area contributed by atoms with Gasteiger partial charge in [0.2, 0.25) is 0 Å². The highest BCUT2D eigenvalue weighted by Gasteiger charge is 1.85. The van der Waals surface area contributed by atoms with E-state index >= 15 is 0 Å². The van der Waals surface area contributed by atoms with Crippen LogP contribution in [0.5, 0.6) is 5.75 Å². The van der Waals surface area contributed by atoms with E-state index in [1.54, 1.807) is 12.1 Å². The third-order valence-electron chi connectivity index (χ3n) is 0.937. The highest BCUT2D eigenvalue weighted by atomic mass is 27.0. The first-order valence-corrected chi connectivity index (χ1v) is 2.92. The van der Waals surface area contributed by atoms with E-state index in [9.17, 15) is 0 Å². The summed E-state index contributed by atoms with van der Waals surface area (Å²) in [7, 11) is 0. The highest BCUT2D eigenvalue weighted by molar-refractivity contribution is 6.34. The van der Waals surface area contributed by atoms with Gasteiger partial charge >= 0.3 is 0 Å². The van der Waals surface area contributed by atoms with Crippen LogP contribution >= 0.6 is 0 Å². The average Bonchev–Trinajstić information content (AvgIpc) is 1.77. The number of rotatable bonds is 0. The number of para-hydroxylation sites is 1. The van der Waals surface area contributed by atoms with Crippen molar-refractivity contribution in [2.24, 2.45) is 0 Å². The summed E-state index contributed by atoms with van der Waals surface area (Å²) in [5, 5.41) is 8.90. The monoisotopic (exact) mass is 120 g/mol. The first kappa shape index (κ1) is 5.68. The van der Waals surface area contributed by atoms with Gasteiger partial charge in [-0.15, -0.1) is 0 Å². The summed E-state index contributed by atoms with van der Waals surface area (Å²) in [6, 6.07) is 7.16. The molecule has 1 aromatic rings. The van der Waals surface area contributed by atoms with E-state index in [1.807, 2.05) is 12.1 Å². The first-order chi connectivity index (χ1) is 3.80. The maximum absolute atomic E-state index is 8.90. The van der Waals surface area contributed by atoms with Crippen LogP contribution in [0.1, 0.15) is 0 Å². The molecule has 2 radical (unpaired) electrons.